The van der Waals surface area contributed by atoms with Crippen LogP contribution in [0.25, 0.3) is 0 Å². The minimum absolute atomic E-state index is 0.0717. The van der Waals surface area contributed by atoms with Crippen molar-refractivity contribution in [3.8, 4) is 0 Å². The van der Waals surface area contributed by atoms with Gasteiger partial charge in [-0.05, 0) is 39.2 Å². The van der Waals surface area contributed by atoms with Crippen LogP contribution in [0.5, 0.6) is 0 Å². The van der Waals surface area contributed by atoms with Gasteiger partial charge < -0.3 is 4.52 Å². The van der Waals surface area contributed by atoms with Crippen molar-refractivity contribution in [2.75, 3.05) is 18.4 Å². The number of aryl methyl sites for hydroxylation is 2. The molecule has 7 nitrogen and oxygen atoms in total. The third kappa shape index (κ3) is 3.61. The molecule has 0 spiro atoms. The number of hydrogen-bond acceptors (Lipinski definition) is 5. The maximum absolute atomic E-state index is 12.4. The van der Waals surface area contributed by atoms with Crippen molar-refractivity contribution in [1.29, 1.82) is 0 Å². The lowest BCUT2D eigenvalue weighted by Crippen LogP contribution is -2.33. The molecule has 7 heteroatoms. The Labute approximate surface area is 148 Å². The molecule has 0 unspecified atom stereocenters. The molecule has 3 rings (SSSR count). The lowest BCUT2D eigenvalue weighted by atomic mass is 10.0. The normalized spacial score (nSPS) is 18.2. The van der Waals surface area contributed by atoms with Gasteiger partial charge in [0.1, 0.15) is 0 Å². The first-order valence-corrected chi connectivity index (χ1v) is 8.87. The maximum Gasteiger partial charge on any atom is 0.240 e. The minimum atomic E-state index is -0.0717. The maximum atomic E-state index is 12.4. The van der Waals surface area contributed by atoms with Crippen LogP contribution in [0, 0.1) is 13.8 Å². The van der Waals surface area contributed by atoms with E-state index in [1.807, 2.05) is 32.5 Å². The van der Waals surface area contributed by atoms with Crippen LogP contribution < -0.4 is 5.32 Å². The number of amides is 1. The lowest BCUT2D eigenvalue weighted by molar-refractivity contribution is -0.117. The fraction of sp³-hybridized carbons (Fsp3) is 0.611. The molecule has 1 fully saturated rings. The Bertz CT molecular complexity index is 762. The van der Waals surface area contributed by atoms with Gasteiger partial charge in [0.15, 0.2) is 0 Å². The average Bonchev–Trinajstić information content (AvgIpc) is 3.22. The molecule has 25 heavy (non-hydrogen) atoms. The highest BCUT2D eigenvalue weighted by atomic mass is 16.5. The van der Waals surface area contributed by atoms with E-state index in [1.54, 1.807) is 6.07 Å². The number of carbonyl (C=O) groups is 1. The van der Waals surface area contributed by atoms with Crippen LogP contribution in [-0.2, 0) is 11.8 Å². The third-order valence-corrected chi connectivity index (χ3v) is 4.99. The van der Waals surface area contributed by atoms with E-state index in [4.69, 9.17) is 4.52 Å². The molecule has 3 heterocycles. The largest absolute Gasteiger partial charge is 0.338 e. The number of rotatable bonds is 5. The number of carbonyl (C=O) groups excluding carboxylic acids is 1. The van der Waals surface area contributed by atoms with Gasteiger partial charge in [-0.2, -0.15) is 5.10 Å². The molecule has 0 aliphatic carbocycles. The topological polar surface area (TPSA) is 76.2 Å². The second-order valence-electron chi connectivity index (χ2n) is 7.16. The molecule has 1 saturated heterocycles. The summed E-state index contributed by atoms with van der Waals surface area (Å²) in [5.74, 6) is 0.615. The van der Waals surface area contributed by atoms with E-state index >= 15 is 0 Å². The van der Waals surface area contributed by atoms with Gasteiger partial charge in [-0.15, -0.1) is 0 Å². The van der Waals surface area contributed by atoms with Crippen molar-refractivity contribution in [3.63, 3.8) is 0 Å². The smallest absolute Gasteiger partial charge is 0.240 e. The molecule has 1 atom stereocenters. The Morgan fingerprint density at radius 1 is 1.44 bits per heavy atom. The zero-order valence-electron chi connectivity index (χ0n) is 15.7. The summed E-state index contributed by atoms with van der Waals surface area (Å²) in [5, 5.41) is 11.3. The number of hydrogen-bond donors (Lipinski definition) is 1. The predicted molar refractivity (Wildman–Crippen MR) is 95.5 cm³/mol. The molecule has 1 aliphatic rings. The minimum Gasteiger partial charge on any atom is -0.338 e. The van der Waals surface area contributed by atoms with E-state index in [9.17, 15) is 4.79 Å². The number of anilines is 1. The third-order valence-electron chi connectivity index (χ3n) is 4.99. The van der Waals surface area contributed by atoms with E-state index < -0.39 is 0 Å². The Kier molecular flexibility index (Phi) is 4.94. The van der Waals surface area contributed by atoms with E-state index in [-0.39, 0.29) is 17.9 Å². The summed E-state index contributed by atoms with van der Waals surface area (Å²) in [6.45, 7) is 9.47. The van der Waals surface area contributed by atoms with Crippen LogP contribution in [0.2, 0.25) is 0 Å². The molecule has 0 bridgehead atoms. The molecule has 1 aliphatic heterocycles. The SMILES string of the molecule is Cc1nn(C)c(C)c1[C@@H]1CCCN1CC(=O)Nc1cc(C(C)C)no1. The molecule has 0 saturated carbocycles. The van der Waals surface area contributed by atoms with E-state index in [0.29, 0.717) is 12.4 Å². The van der Waals surface area contributed by atoms with Crippen molar-refractivity contribution in [3.05, 3.63) is 28.7 Å². The Morgan fingerprint density at radius 3 is 2.80 bits per heavy atom. The summed E-state index contributed by atoms with van der Waals surface area (Å²) in [6, 6.07) is 2.04. The van der Waals surface area contributed by atoms with Gasteiger partial charge in [-0.1, -0.05) is 19.0 Å². The molecule has 136 valence electrons. The van der Waals surface area contributed by atoms with E-state index in [0.717, 1.165) is 30.8 Å². The summed E-state index contributed by atoms with van der Waals surface area (Å²) in [6.07, 6.45) is 2.14. The lowest BCUT2D eigenvalue weighted by Gasteiger charge is -2.24. The molecular formula is C18H27N5O2. The van der Waals surface area contributed by atoms with Crippen molar-refractivity contribution in [2.45, 2.75) is 52.5 Å². The van der Waals surface area contributed by atoms with Gasteiger partial charge in [0.05, 0.1) is 17.9 Å². The van der Waals surface area contributed by atoms with Crippen LogP contribution in [0.15, 0.2) is 10.6 Å². The van der Waals surface area contributed by atoms with Gasteiger partial charge in [-0.3, -0.25) is 19.7 Å². The molecule has 0 aromatic carbocycles. The first-order chi connectivity index (χ1) is 11.9. The fourth-order valence-corrected chi connectivity index (χ4v) is 3.60. The zero-order valence-corrected chi connectivity index (χ0v) is 15.7. The Hall–Kier alpha value is -2.15. The van der Waals surface area contributed by atoms with Crippen molar-refractivity contribution >= 4 is 11.8 Å². The highest BCUT2D eigenvalue weighted by Crippen LogP contribution is 2.35. The Balaban J connectivity index is 1.67. The molecular weight excluding hydrogens is 318 g/mol. The van der Waals surface area contributed by atoms with Crippen LogP contribution in [0.4, 0.5) is 5.88 Å². The van der Waals surface area contributed by atoms with Crippen LogP contribution >= 0.6 is 0 Å². The van der Waals surface area contributed by atoms with Gasteiger partial charge in [0.2, 0.25) is 11.8 Å². The first-order valence-electron chi connectivity index (χ1n) is 8.87. The average molecular weight is 345 g/mol. The summed E-state index contributed by atoms with van der Waals surface area (Å²) in [4.78, 5) is 14.7. The zero-order chi connectivity index (χ0) is 18.1. The molecule has 2 aromatic rings. The summed E-state index contributed by atoms with van der Waals surface area (Å²) >= 11 is 0. The second kappa shape index (κ2) is 7.00. The van der Waals surface area contributed by atoms with E-state index in [2.05, 4.69) is 27.4 Å². The standard InChI is InChI=1S/C18H27N5O2/c1-11(2)14-9-17(25-21-14)19-16(24)10-23-8-6-7-15(23)18-12(3)20-22(5)13(18)4/h9,11,15H,6-8,10H2,1-5H3,(H,19,24)/t15-/m0/s1. The fourth-order valence-electron chi connectivity index (χ4n) is 3.60. The first kappa shape index (κ1) is 17.7. The number of likely N-dealkylation sites (tertiary alicyclic amines) is 1. The summed E-state index contributed by atoms with van der Waals surface area (Å²) in [5.41, 5.74) is 4.33. The molecule has 1 amide bonds. The number of nitrogens with one attached hydrogen (secondary N) is 1. The van der Waals surface area contributed by atoms with Gasteiger partial charge in [0, 0.05) is 30.4 Å². The van der Waals surface area contributed by atoms with Gasteiger partial charge >= 0.3 is 0 Å². The van der Waals surface area contributed by atoms with Gasteiger partial charge in [0.25, 0.3) is 0 Å². The highest BCUT2D eigenvalue weighted by Gasteiger charge is 2.31. The van der Waals surface area contributed by atoms with Crippen molar-refractivity contribution in [2.24, 2.45) is 7.05 Å². The monoisotopic (exact) mass is 345 g/mol. The quantitative estimate of drug-likeness (QED) is 0.902. The van der Waals surface area contributed by atoms with Crippen molar-refractivity contribution < 1.29 is 9.32 Å². The van der Waals surface area contributed by atoms with Gasteiger partial charge in [-0.25, -0.2) is 0 Å². The summed E-state index contributed by atoms with van der Waals surface area (Å²) < 4.78 is 7.12. The van der Waals surface area contributed by atoms with Crippen LogP contribution in [-0.4, -0.2) is 38.8 Å². The van der Waals surface area contributed by atoms with E-state index in [1.165, 1.54) is 11.3 Å². The van der Waals surface area contributed by atoms with Crippen LogP contribution in [0.1, 0.15) is 61.3 Å². The number of aromatic nitrogens is 3. The second-order valence-corrected chi connectivity index (χ2v) is 7.16. The molecule has 2 aromatic heterocycles. The predicted octanol–water partition coefficient (Wildman–Crippen LogP) is 2.92. The Morgan fingerprint density at radius 2 is 2.20 bits per heavy atom. The number of nitrogens with zero attached hydrogens (tertiary/aromatic N) is 4. The summed E-state index contributed by atoms with van der Waals surface area (Å²) in [7, 11) is 1.97. The van der Waals surface area contributed by atoms with Crippen molar-refractivity contribution in [1.82, 2.24) is 19.8 Å². The van der Waals surface area contributed by atoms with Crippen LogP contribution in [0.3, 0.4) is 0 Å². The molecule has 1 N–H and O–H groups in total. The highest BCUT2D eigenvalue weighted by molar-refractivity contribution is 5.91. The molecule has 0 radical (unpaired) electrons.